The molecule has 0 atom stereocenters. The van der Waals surface area contributed by atoms with Crippen molar-refractivity contribution in [3.05, 3.63) is 29.6 Å². The highest BCUT2D eigenvalue weighted by Gasteiger charge is 2.13. The van der Waals surface area contributed by atoms with Gasteiger partial charge in [-0.3, -0.25) is 0 Å². The van der Waals surface area contributed by atoms with Gasteiger partial charge in [0.05, 0.1) is 0 Å². The molecule has 102 valence electrons. The van der Waals surface area contributed by atoms with Gasteiger partial charge in [0, 0.05) is 14.1 Å². The number of nitriles is 1. The Morgan fingerprint density at radius 3 is 2.70 bits per heavy atom. The highest BCUT2D eigenvalue weighted by atomic mass is 19.1. The monoisotopic (exact) mass is 274 g/mol. The van der Waals surface area contributed by atoms with E-state index in [0.717, 1.165) is 0 Å². The van der Waals surface area contributed by atoms with E-state index in [1.807, 2.05) is 0 Å². The molecule has 7 nitrogen and oxygen atoms in total. The van der Waals surface area contributed by atoms with E-state index in [0.29, 0.717) is 5.95 Å². The van der Waals surface area contributed by atoms with Gasteiger partial charge in [-0.1, -0.05) is 6.07 Å². The van der Waals surface area contributed by atoms with Crippen LogP contribution in [0.4, 0.5) is 16.3 Å². The van der Waals surface area contributed by atoms with Crippen molar-refractivity contribution in [2.24, 2.45) is 0 Å². The minimum absolute atomic E-state index is 0.0165. The Hall–Kier alpha value is -2.95. The van der Waals surface area contributed by atoms with Gasteiger partial charge in [-0.15, -0.1) is 0 Å². The predicted molar refractivity (Wildman–Crippen MR) is 69.8 cm³/mol. The molecule has 0 aliphatic heterocycles. The van der Waals surface area contributed by atoms with Crippen LogP contribution in [0.2, 0.25) is 0 Å². The summed E-state index contributed by atoms with van der Waals surface area (Å²) in [7, 11) is 3.45. The zero-order valence-corrected chi connectivity index (χ0v) is 10.8. The van der Waals surface area contributed by atoms with E-state index >= 15 is 0 Å². The maximum absolute atomic E-state index is 13.5. The van der Waals surface area contributed by atoms with E-state index < -0.39 is 5.82 Å². The van der Waals surface area contributed by atoms with Gasteiger partial charge < -0.3 is 15.4 Å². The molecule has 0 radical (unpaired) electrons. The lowest BCUT2D eigenvalue weighted by Gasteiger charge is -2.12. The van der Waals surface area contributed by atoms with Gasteiger partial charge in [0.1, 0.15) is 17.4 Å². The van der Waals surface area contributed by atoms with Crippen LogP contribution in [-0.2, 0) is 0 Å². The van der Waals surface area contributed by atoms with Crippen molar-refractivity contribution >= 4 is 11.9 Å². The molecule has 0 saturated carbocycles. The van der Waals surface area contributed by atoms with Crippen molar-refractivity contribution in [2.75, 3.05) is 24.7 Å². The molecule has 2 aromatic rings. The van der Waals surface area contributed by atoms with Crippen molar-refractivity contribution < 1.29 is 9.13 Å². The molecule has 2 N–H and O–H groups in total. The molecular weight excluding hydrogens is 263 g/mol. The number of aromatic nitrogens is 3. The number of nitrogens with two attached hydrogens (primary N) is 1. The zero-order chi connectivity index (χ0) is 14.7. The van der Waals surface area contributed by atoms with Gasteiger partial charge in [-0.2, -0.15) is 20.2 Å². The van der Waals surface area contributed by atoms with Crippen molar-refractivity contribution in [3.8, 4) is 17.8 Å². The van der Waals surface area contributed by atoms with Crippen molar-refractivity contribution in [3.63, 3.8) is 0 Å². The highest BCUT2D eigenvalue weighted by molar-refractivity contribution is 5.45. The lowest BCUT2D eigenvalue weighted by molar-refractivity contribution is 0.435. The van der Waals surface area contributed by atoms with Crippen LogP contribution in [0.1, 0.15) is 5.56 Å². The van der Waals surface area contributed by atoms with Crippen LogP contribution in [-0.4, -0.2) is 29.0 Å². The lowest BCUT2D eigenvalue weighted by atomic mass is 10.2. The van der Waals surface area contributed by atoms with Gasteiger partial charge >= 0.3 is 6.01 Å². The summed E-state index contributed by atoms with van der Waals surface area (Å²) in [6, 6.07) is 5.64. The number of hydrogen-bond donors (Lipinski definition) is 1. The number of nitrogen functional groups attached to an aromatic ring is 1. The van der Waals surface area contributed by atoms with E-state index in [1.54, 1.807) is 25.1 Å². The minimum Gasteiger partial charge on any atom is -0.423 e. The Morgan fingerprint density at radius 2 is 2.05 bits per heavy atom. The number of ether oxygens (including phenoxy) is 1. The maximum atomic E-state index is 13.5. The van der Waals surface area contributed by atoms with Gasteiger partial charge in [-0.05, 0) is 12.1 Å². The molecule has 8 heteroatoms. The third-order valence-electron chi connectivity index (χ3n) is 2.31. The standard InChI is InChI=1S/C12H11FN6O/c1-19(2)11-16-10(15)17-12(18-11)20-9-5-3-4-8(13)7(9)6-14/h3-5H,1-2H3,(H2,15,16,17,18). The summed E-state index contributed by atoms with van der Waals surface area (Å²) < 4.78 is 18.8. The van der Waals surface area contributed by atoms with E-state index in [1.165, 1.54) is 18.2 Å². The Bertz CT molecular complexity index is 682. The summed E-state index contributed by atoms with van der Waals surface area (Å²) in [4.78, 5) is 13.3. The average molecular weight is 274 g/mol. The molecule has 2 rings (SSSR count). The van der Waals surface area contributed by atoms with E-state index in [4.69, 9.17) is 15.7 Å². The Morgan fingerprint density at radius 1 is 1.30 bits per heavy atom. The maximum Gasteiger partial charge on any atom is 0.328 e. The van der Waals surface area contributed by atoms with Crippen molar-refractivity contribution in [1.82, 2.24) is 15.0 Å². The molecule has 0 spiro atoms. The van der Waals surface area contributed by atoms with Gasteiger partial charge in [0.15, 0.2) is 5.75 Å². The van der Waals surface area contributed by atoms with Crippen LogP contribution < -0.4 is 15.4 Å². The number of benzene rings is 1. The molecular formula is C12H11FN6O. The fraction of sp³-hybridized carbons (Fsp3) is 0.167. The van der Waals surface area contributed by atoms with Crippen LogP contribution in [0, 0.1) is 17.1 Å². The SMILES string of the molecule is CN(C)c1nc(N)nc(Oc2cccc(F)c2C#N)n1. The fourth-order valence-electron chi connectivity index (χ4n) is 1.40. The van der Waals surface area contributed by atoms with Crippen LogP contribution >= 0.6 is 0 Å². The Labute approximate surface area is 114 Å². The van der Waals surface area contributed by atoms with Gasteiger partial charge in [-0.25, -0.2) is 4.39 Å². The number of halogens is 1. The summed E-state index contributed by atoms with van der Waals surface area (Å²) >= 11 is 0. The third kappa shape index (κ3) is 2.72. The van der Waals surface area contributed by atoms with Gasteiger partial charge in [0.25, 0.3) is 0 Å². The van der Waals surface area contributed by atoms with Crippen LogP contribution in [0.5, 0.6) is 11.8 Å². The first kappa shape index (κ1) is 13.5. The zero-order valence-electron chi connectivity index (χ0n) is 10.8. The molecule has 0 fully saturated rings. The Kier molecular flexibility index (Phi) is 3.61. The average Bonchev–Trinajstić information content (AvgIpc) is 2.38. The first-order valence-electron chi connectivity index (χ1n) is 5.56. The molecule has 20 heavy (non-hydrogen) atoms. The summed E-state index contributed by atoms with van der Waals surface area (Å²) in [6.45, 7) is 0. The number of hydrogen-bond acceptors (Lipinski definition) is 7. The molecule has 0 unspecified atom stereocenters. The molecule has 0 bridgehead atoms. The third-order valence-corrected chi connectivity index (χ3v) is 2.31. The van der Waals surface area contributed by atoms with Crippen LogP contribution in [0.15, 0.2) is 18.2 Å². The largest absolute Gasteiger partial charge is 0.423 e. The van der Waals surface area contributed by atoms with Crippen molar-refractivity contribution in [1.29, 1.82) is 5.26 Å². The van der Waals surface area contributed by atoms with Crippen LogP contribution in [0.3, 0.4) is 0 Å². The topological polar surface area (TPSA) is 101 Å². The molecule has 0 aliphatic carbocycles. The Balaban J connectivity index is 2.41. The number of rotatable bonds is 3. The molecule has 1 heterocycles. The second-order valence-electron chi connectivity index (χ2n) is 4.00. The quantitative estimate of drug-likeness (QED) is 0.900. The first-order valence-corrected chi connectivity index (χ1v) is 5.56. The normalized spacial score (nSPS) is 9.90. The molecule has 0 amide bonds. The van der Waals surface area contributed by atoms with Crippen LogP contribution in [0.25, 0.3) is 0 Å². The number of nitrogens with zero attached hydrogens (tertiary/aromatic N) is 5. The molecule has 1 aromatic heterocycles. The van der Waals surface area contributed by atoms with E-state index in [-0.39, 0.29) is 23.3 Å². The molecule has 0 aliphatic rings. The summed E-state index contributed by atoms with van der Waals surface area (Å²) in [5.74, 6) is -0.404. The highest BCUT2D eigenvalue weighted by Crippen LogP contribution is 2.25. The second kappa shape index (κ2) is 5.36. The fourth-order valence-corrected chi connectivity index (χ4v) is 1.40. The lowest BCUT2D eigenvalue weighted by Crippen LogP contribution is -2.15. The van der Waals surface area contributed by atoms with E-state index in [9.17, 15) is 4.39 Å². The number of anilines is 2. The minimum atomic E-state index is -0.681. The van der Waals surface area contributed by atoms with E-state index in [2.05, 4.69) is 15.0 Å². The van der Waals surface area contributed by atoms with Crippen molar-refractivity contribution in [2.45, 2.75) is 0 Å². The summed E-state index contributed by atoms with van der Waals surface area (Å²) in [6.07, 6.45) is 0. The molecule has 1 aromatic carbocycles. The smallest absolute Gasteiger partial charge is 0.328 e. The predicted octanol–water partition coefficient (Wildman–Crippen LogP) is 1.32. The first-order chi connectivity index (χ1) is 9.51. The second-order valence-corrected chi connectivity index (χ2v) is 4.00. The summed E-state index contributed by atoms with van der Waals surface area (Å²) in [5, 5.41) is 8.92. The molecule has 0 saturated heterocycles. The van der Waals surface area contributed by atoms with Gasteiger partial charge in [0.2, 0.25) is 11.9 Å². The summed E-state index contributed by atoms with van der Waals surface area (Å²) in [5.41, 5.74) is 5.32.